The second-order valence-electron chi connectivity index (χ2n) is 5.50. The maximum absolute atomic E-state index is 5.30. The van der Waals surface area contributed by atoms with Crippen LogP contribution in [0.25, 0.3) is 0 Å². The van der Waals surface area contributed by atoms with E-state index in [1.54, 1.807) is 14.2 Å². The van der Waals surface area contributed by atoms with E-state index in [1.165, 1.54) is 0 Å². The van der Waals surface area contributed by atoms with Crippen molar-refractivity contribution in [3.05, 3.63) is 47.3 Å². The highest BCUT2D eigenvalue weighted by atomic mass is 16.5. The first-order valence-corrected chi connectivity index (χ1v) is 7.65. The van der Waals surface area contributed by atoms with Crippen molar-refractivity contribution >= 4 is 5.96 Å². The zero-order chi connectivity index (χ0) is 16.7. The Morgan fingerprint density at radius 2 is 1.91 bits per heavy atom. The first kappa shape index (κ1) is 16.9. The molecule has 0 aliphatic rings. The Bertz CT molecular complexity index is 632. The first-order chi connectivity index (χ1) is 11.1. The van der Waals surface area contributed by atoms with E-state index in [9.17, 15) is 0 Å². The Kier molecular flexibility index (Phi) is 6.02. The highest BCUT2D eigenvalue weighted by Crippen LogP contribution is 2.14. The minimum absolute atomic E-state index is 0.361. The zero-order valence-corrected chi connectivity index (χ0v) is 14.1. The topological polar surface area (TPSA) is 71.7 Å². The molecule has 0 spiro atoms. The molecule has 0 amide bonds. The number of guanidine groups is 1. The van der Waals surface area contributed by atoms with Gasteiger partial charge in [-0.25, -0.2) is 0 Å². The monoisotopic (exact) mass is 316 g/mol. The molecule has 0 radical (unpaired) electrons. The lowest BCUT2D eigenvalue weighted by molar-refractivity contribution is 0.372. The van der Waals surface area contributed by atoms with Crippen molar-refractivity contribution in [2.75, 3.05) is 14.2 Å². The van der Waals surface area contributed by atoms with Crippen LogP contribution in [-0.2, 0) is 13.1 Å². The quantitative estimate of drug-likeness (QED) is 0.633. The fourth-order valence-electron chi connectivity index (χ4n) is 2.00. The number of methoxy groups -OCH3 is 1. The summed E-state index contributed by atoms with van der Waals surface area (Å²) < 4.78 is 10.4. The lowest BCUT2D eigenvalue weighted by atomic mass is 10.1. The Balaban J connectivity index is 1.82. The third-order valence-electron chi connectivity index (χ3n) is 3.44. The van der Waals surface area contributed by atoms with Gasteiger partial charge in [0.2, 0.25) is 0 Å². The molecule has 1 heterocycles. The summed E-state index contributed by atoms with van der Waals surface area (Å²) >= 11 is 0. The van der Waals surface area contributed by atoms with Crippen molar-refractivity contribution in [3.8, 4) is 5.75 Å². The van der Waals surface area contributed by atoms with Crippen molar-refractivity contribution in [1.82, 2.24) is 15.8 Å². The van der Waals surface area contributed by atoms with E-state index >= 15 is 0 Å². The van der Waals surface area contributed by atoms with Gasteiger partial charge in [0, 0.05) is 19.7 Å². The third kappa shape index (κ3) is 5.02. The van der Waals surface area contributed by atoms with E-state index in [2.05, 4.69) is 34.6 Å². The summed E-state index contributed by atoms with van der Waals surface area (Å²) in [6.07, 6.45) is 0. The van der Waals surface area contributed by atoms with Gasteiger partial charge in [-0.15, -0.1) is 0 Å². The average molecular weight is 316 g/mol. The predicted octanol–water partition coefficient (Wildman–Crippen LogP) is 2.67. The van der Waals surface area contributed by atoms with Gasteiger partial charge in [0.1, 0.15) is 5.75 Å². The van der Waals surface area contributed by atoms with Crippen LogP contribution < -0.4 is 15.4 Å². The molecule has 2 aromatic rings. The van der Waals surface area contributed by atoms with Crippen LogP contribution in [0.5, 0.6) is 5.75 Å². The number of hydrogen-bond acceptors (Lipinski definition) is 4. The maximum atomic E-state index is 5.30. The first-order valence-electron chi connectivity index (χ1n) is 7.65. The Morgan fingerprint density at radius 3 is 2.48 bits per heavy atom. The van der Waals surface area contributed by atoms with Gasteiger partial charge in [0.25, 0.3) is 0 Å². The Morgan fingerprint density at radius 1 is 1.22 bits per heavy atom. The van der Waals surface area contributed by atoms with Gasteiger partial charge in [-0.1, -0.05) is 31.1 Å². The summed E-state index contributed by atoms with van der Waals surface area (Å²) in [5.41, 5.74) is 2.11. The number of rotatable bonds is 6. The molecule has 2 rings (SSSR count). The van der Waals surface area contributed by atoms with Gasteiger partial charge >= 0.3 is 0 Å². The molecular formula is C17H24N4O2. The molecule has 23 heavy (non-hydrogen) atoms. The SMILES string of the molecule is CN=C(NCc1ccc(OC)cc1)NCc1cc(C(C)C)no1. The average Bonchev–Trinajstić information content (AvgIpc) is 3.05. The molecule has 2 N–H and O–H groups in total. The van der Waals surface area contributed by atoms with Crippen LogP contribution in [0.1, 0.15) is 36.8 Å². The van der Waals surface area contributed by atoms with E-state index in [4.69, 9.17) is 9.26 Å². The number of aromatic nitrogens is 1. The summed E-state index contributed by atoms with van der Waals surface area (Å²) in [4.78, 5) is 4.20. The summed E-state index contributed by atoms with van der Waals surface area (Å²) in [6.45, 7) is 5.40. The summed E-state index contributed by atoms with van der Waals surface area (Å²) in [6, 6.07) is 9.88. The van der Waals surface area contributed by atoms with Gasteiger partial charge in [-0.2, -0.15) is 0 Å². The molecule has 0 saturated heterocycles. The van der Waals surface area contributed by atoms with E-state index in [-0.39, 0.29) is 0 Å². The fourth-order valence-corrected chi connectivity index (χ4v) is 2.00. The second-order valence-corrected chi connectivity index (χ2v) is 5.50. The minimum Gasteiger partial charge on any atom is -0.497 e. The molecule has 1 aromatic heterocycles. The number of nitrogens with zero attached hydrogens (tertiary/aromatic N) is 2. The van der Waals surface area contributed by atoms with E-state index < -0.39 is 0 Å². The van der Waals surface area contributed by atoms with Gasteiger partial charge in [0.05, 0.1) is 19.3 Å². The number of hydrogen-bond donors (Lipinski definition) is 2. The van der Waals surface area contributed by atoms with Crippen molar-refractivity contribution in [3.63, 3.8) is 0 Å². The van der Waals surface area contributed by atoms with Gasteiger partial charge in [-0.05, 0) is 23.6 Å². The van der Waals surface area contributed by atoms with Crippen LogP contribution in [0.15, 0.2) is 39.8 Å². The Labute approximate surface area is 136 Å². The van der Waals surface area contributed by atoms with Crippen LogP contribution in [0.4, 0.5) is 0 Å². The minimum atomic E-state index is 0.361. The standard InChI is InChI=1S/C17H24N4O2/c1-12(2)16-9-15(23-21-16)11-20-17(18-3)19-10-13-5-7-14(22-4)8-6-13/h5-9,12H,10-11H2,1-4H3,(H2,18,19,20). The second kappa shape index (κ2) is 8.22. The Hall–Kier alpha value is -2.50. The normalized spacial score (nSPS) is 11.6. The van der Waals surface area contributed by atoms with E-state index in [0.29, 0.717) is 25.0 Å². The molecule has 124 valence electrons. The van der Waals surface area contributed by atoms with Crippen molar-refractivity contribution in [1.29, 1.82) is 0 Å². The van der Waals surface area contributed by atoms with Crippen molar-refractivity contribution in [2.45, 2.75) is 32.9 Å². The molecule has 6 heteroatoms. The number of benzene rings is 1. The molecule has 0 unspecified atom stereocenters. The lowest BCUT2D eigenvalue weighted by Gasteiger charge is -2.11. The number of nitrogens with one attached hydrogen (secondary N) is 2. The molecule has 6 nitrogen and oxygen atoms in total. The van der Waals surface area contributed by atoms with Gasteiger partial charge in [-0.3, -0.25) is 4.99 Å². The van der Waals surface area contributed by atoms with Crippen LogP contribution in [0, 0.1) is 0 Å². The maximum Gasteiger partial charge on any atom is 0.191 e. The van der Waals surface area contributed by atoms with E-state index in [1.807, 2.05) is 30.3 Å². The lowest BCUT2D eigenvalue weighted by Crippen LogP contribution is -2.36. The highest BCUT2D eigenvalue weighted by molar-refractivity contribution is 5.79. The molecule has 0 aliphatic carbocycles. The van der Waals surface area contributed by atoms with Crippen LogP contribution >= 0.6 is 0 Å². The van der Waals surface area contributed by atoms with Gasteiger partial charge < -0.3 is 19.9 Å². The number of aliphatic imine (C=N–C) groups is 1. The molecule has 0 aliphatic heterocycles. The molecule has 0 saturated carbocycles. The largest absolute Gasteiger partial charge is 0.497 e. The molecule has 0 atom stereocenters. The fraction of sp³-hybridized carbons (Fsp3) is 0.412. The number of ether oxygens (including phenoxy) is 1. The highest BCUT2D eigenvalue weighted by Gasteiger charge is 2.08. The van der Waals surface area contributed by atoms with Crippen molar-refractivity contribution < 1.29 is 9.26 Å². The summed E-state index contributed by atoms with van der Waals surface area (Å²) in [5.74, 6) is 2.71. The van der Waals surface area contributed by atoms with Crippen LogP contribution in [-0.4, -0.2) is 25.3 Å². The zero-order valence-electron chi connectivity index (χ0n) is 14.1. The smallest absolute Gasteiger partial charge is 0.191 e. The third-order valence-corrected chi connectivity index (χ3v) is 3.44. The summed E-state index contributed by atoms with van der Waals surface area (Å²) in [7, 11) is 3.40. The predicted molar refractivity (Wildman–Crippen MR) is 90.6 cm³/mol. The molecule has 0 bridgehead atoms. The summed E-state index contributed by atoms with van der Waals surface area (Å²) in [5, 5.41) is 10.5. The molecular weight excluding hydrogens is 292 g/mol. The van der Waals surface area contributed by atoms with Crippen molar-refractivity contribution in [2.24, 2.45) is 4.99 Å². The van der Waals surface area contributed by atoms with Crippen LogP contribution in [0.2, 0.25) is 0 Å². The van der Waals surface area contributed by atoms with Crippen LogP contribution in [0.3, 0.4) is 0 Å². The molecule has 0 fully saturated rings. The molecule has 1 aromatic carbocycles. The van der Waals surface area contributed by atoms with Gasteiger partial charge in [0.15, 0.2) is 11.7 Å². The van der Waals surface area contributed by atoms with E-state index in [0.717, 1.165) is 22.8 Å².